The SMILES string of the molecule is O=C1CCC(O)CCCCO1. The number of ether oxygens (including phenoxy) is 1. The summed E-state index contributed by atoms with van der Waals surface area (Å²) in [6.07, 6.45) is 3.24. The lowest BCUT2D eigenvalue weighted by atomic mass is 10.1. The first-order valence-electron chi connectivity index (χ1n) is 4.13. The van der Waals surface area contributed by atoms with E-state index in [2.05, 4.69) is 0 Å². The van der Waals surface area contributed by atoms with Gasteiger partial charge in [-0.2, -0.15) is 0 Å². The van der Waals surface area contributed by atoms with E-state index in [4.69, 9.17) is 4.74 Å². The highest BCUT2D eigenvalue weighted by Gasteiger charge is 2.11. The normalized spacial score (nSPS) is 28.1. The van der Waals surface area contributed by atoms with Crippen molar-refractivity contribution >= 4 is 5.97 Å². The molecule has 1 rings (SSSR count). The van der Waals surface area contributed by atoms with Gasteiger partial charge in [-0.05, 0) is 25.7 Å². The van der Waals surface area contributed by atoms with Gasteiger partial charge < -0.3 is 9.84 Å². The third-order valence-electron chi connectivity index (χ3n) is 1.88. The standard InChI is InChI=1S/C8H14O3/c9-7-3-1-2-6-11-8(10)5-4-7/h7,9H,1-6H2. The molecule has 1 N–H and O–H groups in total. The monoisotopic (exact) mass is 158 g/mol. The summed E-state index contributed by atoms with van der Waals surface area (Å²) < 4.78 is 4.86. The molecule has 3 nitrogen and oxygen atoms in total. The van der Waals surface area contributed by atoms with Crippen molar-refractivity contribution in [2.45, 2.75) is 38.2 Å². The Labute approximate surface area is 66.4 Å². The summed E-state index contributed by atoms with van der Waals surface area (Å²) in [6, 6.07) is 0. The second-order valence-electron chi connectivity index (χ2n) is 2.91. The second kappa shape index (κ2) is 4.34. The van der Waals surface area contributed by atoms with E-state index in [-0.39, 0.29) is 12.1 Å². The van der Waals surface area contributed by atoms with Gasteiger partial charge in [0.2, 0.25) is 0 Å². The maximum absolute atomic E-state index is 10.8. The molecule has 1 unspecified atom stereocenters. The molecule has 3 heteroatoms. The largest absolute Gasteiger partial charge is 0.466 e. The van der Waals surface area contributed by atoms with Gasteiger partial charge in [-0.3, -0.25) is 4.79 Å². The summed E-state index contributed by atoms with van der Waals surface area (Å²) in [5.41, 5.74) is 0. The van der Waals surface area contributed by atoms with Gasteiger partial charge in [0.15, 0.2) is 0 Å². The molecular weight excluding hydrogens is 144 g/mol. The third kappa shape index (κ3) is 3.37. The van der Waals surface area contributed by atoms with E-state index >= 15 is 0 Å². The van der Waals surface area contributed by atoms with Crippen LogP contribution in [0.1, 0.15) is 32.1 Å². The Bertz CT molecular complexity index is 133. The molecular formula is C8H14O3. The number of rotatable bonds is 0. The van der Waals surface area contributed by atoms with Crippen LogP contribution in [0, 0.1) is 0 Å². The lowest BCUT2D eigenvalue weighted by molar-refractivity contribution is -0.144. The summed E-state index contributed by atoms with van der Waals surface area (Å²) in [6.45, 7) is 0.519. The predicted octanol–water partition coefficient (Wildman–Crippen LogP) is 0.855. The van der Waals surface area contributed by atoms with Gasteiger partial charge >= 0.3 is 5.97 Å². The van der Waals surface area contributed by atoms with Gasteiger partial charge in [0.1, 0.15) is 0 Å². The topological polar surface area (TPSA) is 46.5 Å². The first-order valence-corrected chi connectivity index (χ1v) is 4.13. The zero-order valence-electron chi connectivity index (χ0n) is 6.58. The van der Waals surface area contributed by atoms with Crippen LogP contribution in [0.4, 0.5) is 0 Å². The Morgan fingerprint density at radius 1 is 1.36 bits per heavy atom. The second-order valence-corrected chi connectivity index (χ2v) is 2.91. The van der Waals surface area contributed by atoms with Crippen LogP contribution in [0.15, 0.2) is 0 Å². The minimum absolute atomic E-state index is 0.175. The molecule has 0 bridgehead atoms. The molecule has 0 spiro atoms. The molecule has 0 aromatic rings. The molecule has 11 heavy (non-hydrogen) atoms. The molecule has 1 aliphatic rings. The van der Waals surface area contributed by atoms with E-state index in [1.807, 2.05) is 0 Å². The van der Waals surface area contributed by atoms with Gasteiger partial charge in [0.05, 0.1) is 12.7 Å². The molecule has 1 atom stereocenters. The van der Waals surface area contributed by atoms with Crippen LogP contribution >= 0.6 is 0 Å². The number of cyclic esters (lactones) is 1. The van der Waals surface area contributed by atoms with Crippen LogP contribution in [0.25, 0.3) is 0 Å². The van der Waals surface area contributed by atoms with Crippen molar-refractivity contribution in [3.8, 4) is 0 Å². The number of hydrogen-bond donors (Lipinski definition) is 1. The van der Waals surface area contributed by atoms with Gasteiger partial charge in [0, 0.05) is 6.42 Å². The van der Waals surface area contributed by atoms with Gasteiger partial charge in [-0.25, -0.2) is 0 Å². The highest BCUT2D eigenvalue weighted by Crippen LogP contribution is 2.10. The van der Waals surface area contributed by atoms with Crippen molar-refractivity contribution < 1.29 is 14.6 Å². The highest BCUT2D eigenvalue weighted by molar-refractivity contribution is 5.69. The maximum Gasteiger partial charge on any atom is 0.305 e. The Kier molecular flexibility index (Phi) is 3.36. The molecule has 1 heterocycles. The molecule has 1 fully saturated rings. The average molecular weight is 158 g/mol. The van der Waals surface area contributed by atoms with Gasteiger partial charge in [-0.15, -0.1) is 0 Å². The Hall–Kier alpha value is -0.570. The summed E-state index contributed by atoms with van der Waals surface area (Å²) in [5.74, 6) is -0.175. The van der Waals surface area contributed by atoms with E-state index in [0.717, 1.165) is 19.3 Å². The number of carbonyl (C=O) groups excluding carboxylic acids is 1. The minimum Gasteiger partial charge on any atom is -0.466 e. The molecule has 0 saturated carbocycles. The summed E-state index contributed by atoms with van der Waals surface area (Å²) >= 11 is 0. The molecule has 64 valence electrons. The van der Waals surface area contributed by atoms with E-state index in [1.165, 1.54) is 0 Å². The molecule has 0 aromatic heterocycles. The summed E-state index contributed by atoms with van der Waals surface area (Å²) in [5, 5.41) is 9.25. The molecule has 0 amide bonds. The lowest BCUT2D eigenvalue weighted by Gasteiger charge is -2.05. The first-order chi connectivity index (χ1) is 5.29. The van der Waals surface area contributed by atoms with Crippen LogP contribution in [0.2, 0.25) is 0 Å². The molecule has 0 aromatic carbocycles. The number of hydrogen-bond acceptors (Lipinski definition) is 3. The average Bonchev–Trinajstić information content (AvgIpc) is 2.06. The van der Waals surface area contributed by atoms with Crippen LogP contribution in [0.5, 0.6) is 0 Å². The van der Waals surface area contributed by atoms with Crippen LogP contribution < -0.4 is 0 Å². The Morgan fingerprint density at radius 3 is 3.00 bits per heavy atom. The van der Waals surface area contributed by atoms with E-state index < -0.39 is 0 Å². The number of aliphatic hydroxyl groups is 1. The molecule has 1 saturated heterocycles. The van der Waals surface area contributed by atoms with Gasteiger partial charge in [0.25, 0.3) is 0 Å². The van der Waals surface area contributed by atoms with E-state index in [9.17, 15) is 9.90 Å². The molecule has 0 aliphatic carbocycles. The minimum atomic E-state index is -0.305. The summed E-state index contributed by atoms with van der Waals surface area (Å²) in [7, 11) is 0. The quantitative estimate of drug-likeness (QED) is 0.532. The Balaban J connectivity index is 2.31. The lowest BCUT2D eigenvalue weighted by Crippen LogP contribution is -2.09. The summed E-state index contributed by atoms with van der Waals surface area (Å²) in [4.78, 5) is 10.8. The van der Waals surface area contributed by atoms with Crippen molar-refractivity contribution in [3.63, 3.8) is 0 Å². The van der Waals surface area contributed by atoms with E-state index in [1.54, 1.807) is 0 Å². The number of esters is 1. The van der Waals surface area contributed by atoms with Crippen molar-refractivity contribution in [2.24, 2.45) is 0 Å². The van der Waals surface area contributed by atoms with Crippen LogP contribution in [-0.4, -0.2) is 23.8 Å². The van der Waals surface area contributed by atoms with Crippen LogP contribution in [0.3, 0.4) is 0 Å². The van der Waals surface area contributed by atoms with E-state index in [0.29, 0.717) is 19.4 Å². The van der Waals surface area contributed by atoms with Crippen molar-refractivity contribution in [2.75, 3.05) is 6.61 Å². The Morgan fingerprint density at radius 2 is 2.18 bits per heavy atom. The molecule has 1 aliphatic heterocycles. The smallest absolute Gasteiger partial charge is 0.305 e. The van der Waals surface area contributed by atoms with Crippen molar-refractivity contribution in [3.05, 3.63) is 0 Å². The fourth-order valence-corrected chi connectivity index (χ4v) is 1.17. The highest BCUT2D eigenvalue weighted by atomic mass is 16.5. The van der Waals surface area contributed by atoms with Crippen molar-refractivity contribution in [1.82, 2.24) is 0 Å². The fraction of sp³-hybridized carbons (Fsp3) is 0.875. The zero-order chi connectivity index (χ0) is 8.10. The zero-order valence-corrected chi connectivity index (χ0v) is 6.58. The third-order valence-corrected chi connectivity index (χ3v) is 1.88. The maximum atomic E-state index is 10.8. The van der Waals surface area contributed by atoms with Crippen molar-refractivity contribution in [1.29, 1.82) is 0 Å². The van der Waals surface area contributed by atoms with Gasteiger partial charge in [-0.1, -0.05) is 0 Å². The first kappa shape index (κ1) is 8.53. The number of aliphatic hydroxyl groups excluding tert-OH is 1. The fourth-order valence-electron chi connectivity index (χ4n) is 1.17. The predicted molar refractivity (Wildman–Crippen MR) is 40.1 cm³/mol. The molecule has 0 radical (unpaired) electrons. The number of carbonyl (C=O) groups is 1. The van der Waals surface area contributed by atoms with Crippen LogP contribution in [-0.2, 0) is 9.53 Å².